The Balaban J connectivity index is 0. The monoisotopic (exact) mass is 222 g/mol. The van der Waals surface area contributed by atoms with Crippen LogP contribution in [-0.4, -0.2) is 0 Å². The third-order valence-electron chi connectivity index (χ3n) is 0. The van der Waals surface area contributed by atoms with Crippen molar-refractivity contribution in [1.29, 1.82) is 0 Å². The van der Waals surface area contributed by atoms with Crippen molar-refractivity contribution in [3.05, 3.63) is 0 Å². The van der Waals surface area contributed by atoms with E-state index in [1.54, 1.807) is 0 Å². The topological polar surface area (TPSA) is 108 Å². The van der Waals surface area contributed by atoms with Crippen LogP contribution in [0.1, 0.15) is 0 Å². The molecule has 0 aromatic carbocycles. The molecule has 0 aromatic heterocycles. The van der Waals surface area contributed by atoms with E-state index in [2.05, 4.69) is 10.0 Å². The Morgan fingerprint density at radius 3 is 1.00 bits per heavy atom. The summed E-state index contributed by atoms with van der Waals surface area (Å²) in [6.07, 6.45) is 0. The summed E-state index contributed by atoms with van der Waals surface area (Å²) in [5.74, 6) is 0. The van der Waals surface area contributed by atoms with Crippen LogP contribution in [0, 0.1) is 0 Å². The van der Waals surface area contributed by atoms with Crippen molar-refractivity contribution in [1.82, 2.24) is 0 Å². The van der Waals surface area contributed by atoms with Crippen molar-refractivity contribution >= 4 is 10.0 Å². The maximum absolute atomic E-state index is 10.5. The van der Waals surface area contributed by atoms with Crippen molar-refractivity contribution in [2.45, 2.75) is 0 Å². The molecule has 0 N–H and O–H groups in total. The van der Waals surface area contributed by atoms with Crippen LogP contribution in [0.4, 0.5) is 0 Å². The molecule has 0 aliphatic heterocycles. The van der Waals surface area contributed by atoms with Crippen molar-refractivity contribution < 1.29 is 83.5 Å². The van der Waals surface area contributed by atoms with Gasteiger partial charge >= 0.3 is 93.6 Å². The molecule has 9 heteroatoms. The zero-order valence-electron chi connectivity index (χ0n) is 4.24. The summed E-state index contributed by atoms with van der Waals surface area (Å²) >= 11 is 0. The number of rotatable bonds is 0. The standard InChI is InChI=1S/ClH.Cr.K.6O/h1H;;;;;;;;/q;2*+1;;;;;;-1/p-1. The van der Waals surface area contributed by atoms with Gasteiger partial charge in [-0.05, 0) is 0 Å². The first kappa shape index (κ1) is 13.0. The molecule has 0 amide bonds. The van der Waals surface area contributed by atoms with Crippen molar-refractivity contribution in [3.8, 4) is 0 Å². The van der Waals surface area contributed by atoms with Crippen LogP contribution in [0.3, 0.4) is 0 Å². The van der Waals surface area contributed by atoms with Gasteiger partial charge in [0.25, 0.3) is 0 Å². The Bertz CT molecular complexity index is 500. The van der Waals surface area contributed by atoms with E-state index in [9.17, 15) is 0 Å². The molecular weight excluding hydrogens is 223 g/mol. The van der Waals surface area contributed by atoms with Crippen LogP contribution >= 0.6 is 10.0 Å². The fraction of sp³-hybridized carbons (Fsp3) is 0. The predicted octanol–water partition coefficient (Wildman–Crippen LogP) is -4.09. The quantitative estimate of drug-likeness (QED) is 0.386. The van der Waals surface area contributed by atoms with Gasteiger partial charge in [0.15, 0.2) is 0 Å². The first-order valence-electron chi connectivity index (χ1n) is 1.15. The van der Waals surface area contributed by atoms with E-state index in [4.69, 9.17) is 23.2 Å². The van der Waals surface area contributed by atoms with Gasteiger partial charge in [0.1, 0.15) is 0 Å². The fourth-order valence-corrected chi connectivity index (χ4v) is 0. The van der Waals surface area contributed by atoms with Gasteiger partial charge in [-0.3, -0.25) is 0 Å². The third kappa shape index (κ3) is 258. The van der Waals surface area contributed by atoms with Gasteiger partial charge in [-0.1, -0.05) is 0 Å². The molecular formula is ClCrKO6. The van der Waals surface area contributed by atoms with E-state index in [1.807, 2.05) is 0 Å². The van der Waals surface area contributed by atoms with Gasteiger partial charge in [-0.15, -0.1) is 0 Å². The minimum atomic E-state index is -10.5. The van der Waals surface area contributed by atoms with Crippen LogP contribution in [0.5, 0.6) is 0 Å². The third-order valence-corrected chi connectivity index (χ3v) is 0. The molecule has 0 aliphatic carbocycles. The average molecular weight is 223 g/mol. The van der Waals surface area contributed by atoms with Gasteiger partial charge < -0.3 is 0 Å². The first-order valence-corrected chi connectivity index (χ1v) is 6.03. The van der Waals surface area contributed by atoms with Crippen molar-refractivity contribution in [3.63, 3.8) is 0 Å². The second-order valence-corrected chi connectivity index (χ2v) is 8.88. The molecule has 0 radical (unpaired) electrons. The summed E-state index contributed by atoms with van der Waals surface area (Å²) in [5, 5.41) is 0. The van der Waals surface area contributed by atoms with Crippen molar-refractivity contribution in [2.24, 2.45) is 0 Å². The molecule has 0 fully saturated rings. The summed E-state index contributed by atoms with van der Waals surface area (Å²) < 4.78 is 53.9. The summed E-state index contributed by atoms with van der Waals surface area (Å²) in [6, 6.07) is 0. The molecule has 0 aromatic rings. The zero-order chi connectivity index (χ0) is 7.38. The fourth-order valence-electron chi connectivity index (χ4n) is 0. The number of halogens is 1. The molecule has 0 aliphatic rings. The van der Waals surface area contributed by atoms with Gasteiger partial charge in [0.2, 0.25) is 0 Å². The molecule has 9 heavy (non-hydrogen) atoms. The van der Waals surface area contributed by atoms with E-state index in [-0.39, 0.29) is 51.4 Å². The molecule has 0 bridgehead atoms. The minimum absolute atomic E-state index is 0. The zero-order valence-corrected chi connectivity index (χ0v) is 9.39. The molecule has 0 atom stereocenters. The van der Waals surface area contributed by atoms with Gasteiger partial charge in [0, 0.05) is 0 Å². The van der Waals surface area contributed by atoms with E-state index >= 15 is 0 Å². The van der Waals surface area contributed by atoms with Crippen LogP contribution in [-0.2, 0) is 28.0 Å². The Labute approximate surface area is 91.8 Å². The van der Waals surface area contributed by atoms with Crippen LogP contribution < -0.4 is 55.5 Å². The summed E-state index contributed by atoms with van der Waals surface area (Å²) in [4.78, 5) is 0. The Morgan fingerprint density at radius 1 is 1.00 bits per heavy atom. The molecule has 0 saturated heterocycles. The second-order valence-electron chi connectivity index (χ2n) is 1.40. The van der Waals surface area contributed by atoms with Gasteiger partial charge in [0.05, 0.1) is 0 Å². The first-order chi connectivity index (χ1) is 2.65. The van der Waals surface area contributed by atoms with Crippen LogP contribution in [0.15, 0.2) is 0 Å². The van der Waals surface area contributed by atoms with Crippen LogP contribution in [0.2, 0.25) is 0 Å². The number of hydrogen-bond donors (Lipinski definition) is 0. The summed E-state index contributed by atoms with van der Waals surface area (Å²) in [7, 11) is -7.42. The van der Waals surface area contributed by atoms with E-state index in [0.29, 0.717) is 0 Å². The summed E-state index contributed by atoms with van der Waals surface area (Å²) in [6.45, 7) is 0. The molecule has 50 valence electrons. The molecule has 0 rings (SSSR count). The maximum atomic E-state index is 8.98. The van der Waals surface area contributed by atoms with E-state index in [0.717, 1.165) is 0 Å². The van der Waals surface area contributed by atoms with Crippen LogP contribution in [0.25, 0.3) is 0 Å². The van der Waals surface area contributed by atoms with E-state index < -0.39 is 8.95 Å². The molecule has 6 nitrogen and oxygen atoms in total. The molecule has 0 heterocycles. The SMILES string of the molecule is [K+].[O]=[Cr](=[O])(=[O])(=[O])(=[O])([O-])[Cl]. The predicted molar refractivity (Wildman–Crippen MR) is 9.29 cm³/mol. The molecule has 0 unspecified atom stereocenters. The Hall–Kier alpha value is 1.42. The Kier molecular flexibility index (Phi) is 1.92. The normalized spacial score (nSPS) is 18.1. The second kappa shape index (κ2) is 1.33. The van der Waals surface area contributed by atoms with Gasteiger partial charge in [-0.25, -0.2) is 0 Å². The summed E-state index contributed by atoms with van der Waals surface area (Å²) in [5.41, 5.74) is 0. The number of hydrogen-bond acceptors (Lipinski definition) is 6. The molecule has 0 saturated carbocycles. The average Bonchev–Trinajstić information content (AvgIpc) is 0.544. The van der Waals surface area contributed by atoms with E-state index in [1.165, 1.54) is 0 Å². The van der Waals surface area contributed by atoms with Crippen molar-refractivity contribution in [2.75, 3.05) is 0 Å². The molecule has 0 spiro atoms. The van der Waals surface area contributed by atoms with Gasteiger partial charge in [-0.2, -0.15) is 0 Å². The Morgan fingerprint density at radius 2 is 1.00 bits per heavy atom.